The maximum atomic E-state index is 13.1. The van der Waals surface area contributed by atoms with Gasteiger partial charge in [-0.3, -0.25) is 0 Å². The molecule has 90 valence electrons. The van der Waals surface area contributed by atoms with E-state index >= 15 is 0 Å². The van der Waals surface area contributed by atoms with Crippen LogP contribution in [0.2, 0.25) is 0 Å². The average Bonchev–Trinajstić information content (AvgIpc) is 2.67. The van der Waals surface area contributed by atoms with Crippen LogP contribution in [0.15, 0.2) is 42.6 Å². The highest BCUT2D eigenvalue weighted by Gasteiger charge is 2.08. The minimum Gasteiger partial charge on any atom is -0.316 e. The van der Waals surface area contributed by atoms with Crippen molar-refractivity contribution in [2.45, 2.75) is 6.42 Å². The number of nitrogens with zero attached hydrogens (tertiary/aromatic N) is 3. The van der Waals surface area contributed by atoms with Crippen molar-refractivity contribution in [3.05, 3.63) is 59.8 Å². The summed E-state index contributed by atoms with van der Waals surface area (Å²) in [6.07, 6.45) is 2.35. The van der Waals surface area contributed by atoms with E-state index in [2.05, 4.69) is 9.97 Å². The summed E-state index contributed by atoms with van der Waals surface area (Å²) in [5.74, 6) is 0.665. The standard InChI is InChI=1S/C14H12FN3/c1-18-13(9-10-4-2-5-11(15)8-10)17-12-6-3-7-16-14(12)18/h2-8H,9H2,1H3. The van der Waals surface area contributed by atoms with Crippen molar-refractivity contribution in [2.24, 2.45) is 7.05 Å². The highest BCUT2D eigenvalue weighted by molar-refractivity contribution is 5.71. The molecule has 0 N–H and O–H groups in total. The normalized spacial score (nSPS) is 11.0. The molecule has 4 heteroatoms. The fourth-order valence-corrected chi connectivity index (χ4v) is 2.06. The third-order valence-electron chi connectivity index (χ3n) is 2.97. The van der Waals surface area contributed by atoms with Gasteiger partial charge in [0.15, 0.2) is 5.65 Å². The molecule has 0 atom stereocenters. The molecule has 0 aliphatic heterocycles. The number of imidazole rings is 1. The van der Waals surface area contributed by atoms with Crippen LogP contribution in [0.5, 0.6) is 0 Å². The number of benzene rings is 1. The van der Waals surface area contributed by atoms with Crippen LogP contribution in [-0.2, 0) is 13.5 Å². The zero-order chi connectivity index (χ0) is 12.5. The molecule has 3 rings (SSSR count). The summed E-state index contributed by atoms with van der Waals surface area (Å²) in [6.45, 7) is 0. The lowest BCUT2D eigenvalue weighted by atomic mass is 10.1. The summed E-state index contributed by atoms with van der Waals surface area (Å²) in [5.41, 5.74) is 2.63. The maximum Gasteiger partial charge on any atom is 0.159 e. The van der Waals surface area contributed by atoms with Crippen molar-refractivity contribution >= 4 is 11.2 Å². The number of hydrogen-bond donors (Lipinski definition) is 0. The molecule has 0 aliphatic carbocycles. The SMILES string of the molecule is Cn1c(Cc2cccc(F)c2)nc2cccnc21. The van der Waals surface area contributed by atoms with Crippen molar-refractivity contribution in [3.8, 4) is 0 Å². The molecule has 0 bridgehead atoms. The minimum atomic E-state index is -0.218. The van der Waals surface area contributed by atoms with Gasteiger partial charge in [-0.15, -0.1) is 0 Å². The van der Waals surface area contributed by atoms with Gasteiger partial charge in [-0.2, -0.15) is 0 Å². The molecule has 0 saturated carbocycles. The second kappa shape index (κ2) is 4.22. The quantitative estimate of drug-likeness (QED) is 0.690. The molecule has 0 radical (unpaired) electrons. The van der Waals surface area contributed by atoms with Gasteiger partial charge in [0, 0.05) is 19.7 Å². The monoisotopic (exact) mass is 241 g/mol. The van der Waals surface area contributed by atoms with E-state index in [0.29, 0.717) is 6.42 Å². The van der Waals surface area contributed by atoms with Gasteiger partial charge in [-0.25, -0.2) is 14.4 Å². The van der Waals surface area contributed by atoms with E-state index < -0.39 is 0 Å². The van der Waals surface area contributed by atoms with Gasteiger partial charge in [0.1, 0.15) is 17.2 Å². The van der Waals surface area contributed by atoms with Crippen LogP contribution >= 0.6 is 0 Å². The predicted octanol–water partition coefficient (Wildman–Crippen LogP) is 2.70. The van der Waals surface area contributed by atoms with Crippen LogP contribution in [0.4, 0.5) is 4.39 Å². The van der Waals surface area contributed by atoms with Crippen molar-refractivity contribution in [1.29, 1.82) is 0 Å². The first-order chi connectivity index (χ1) is 8.74. The molecule has 0 fully saturated rings. The van der Waals surface area contributed by atoms with Gasteiger partial charge in [-0.1, -0.05) is 12.1 Å². The topological polar surface area (TPSA) is 30.7 Å². The molecule has 0 unspecified atom stereocenters. The van der Waals surface area contributed by atoms with E-state index in [9.17, 15) is 4.39 Å². The zero-order valence-corrected chi connectivity index (χ0v) is 9.97. The molecule has 3 aromatic rings. The molecule has 3 nitrogen and oxygen atoms in total. The van der Waals surface area contributed by atoms with E-state index in [1.54, 1.807) is 12.3 Å². The Morgan fingerprint density at radius 2 is 2.11 bits per heavy atom. The number of fused-ring (bicyclic) bond motifs is 1. The molecule has 1 aromatic carbocycles. The van der Waals surface area contributed by atoms with Gasteiger partial charge in [0.2, 0.25) is 0 Å². The minimum absolute atomic E-state index is 0.218. The third kappa shape index (κ3) is 1.86. The highest BCUT2D eigenvalue weighted by Crippen LogP contribution is 2.15. The molecule has 0 saturated heterocycles. The molecule has 2 heterocycles. The predicted molar refractivity (Wildman–Crippen MR) is 67.7 cm³/mol. The number of aromatic nitrogens is 3. The Hall–Kier alpha value is -2.23. The van der Waals surface area contributed by atoms with Crippen LogP contribution in [-0.4, -0.2) is 14.5 Å². The van der Waals surface area contributed by atoms with Gasteiger partial charge < -0.3 is 4.57 Å². The Balaban J connectivity index is 2.02. The Morgan fingerprint density at radius 1 is 1.22 bits per heavy atom. The number of rotatable bonds is 2. The average molecular weight is 241 g/mol. The lowest BCUT2D eigenvalue weighted by molar-refractivity contribution is 0.625. The third-order valence-corrected chi connectivity index (χ3v) is 2.97. The van der Waals surface area contributed by atoms with Gasteiger partial charge >= 0.3 is 0 Å². The summed E-state index contributed by atoms with van der Waals surface area (Å²) in [4.78, 5) is 8.80. The maximum absolute atomic E-state index is 13.1. The van der Waals surface area contributed by atoms with Crippen LogP contribution in [0.3, 0.4) is 0 Å². The van der Waals surface area contributed by atoms with Gasteiger partial charge in [0.25, 0.3) is 0 Å². The van der Waals surface area contributed by atoms with E-state index in [-0.39, 0.29) is 5.82 Å². The Labute approximate surface area is 104 Å². The molecule has 0 spiro atoms. The largest absolute Gasteiger partial charge is 0.316 e. The van der Waals surface area contributed by atoms with Crippen LogP contribution in [0, 0.1) is 5.82 Å². The number of aryl methyl sites for hydroxylation is 1. The second-order valence-corrected chi connectivity index (χ2v) is 4.24. The first-order valence-electron chi connectivity index (χ1n) is 5.75. The van der Waals surface area contributed by atoms with E-state index in [1.807, 2.05) is 29.8 Å². The van der Waals surface area contributed by atoms with Crippen LogP contribution in [0.1, 0.15) is 11.4 Å². The van der Waals surface area contributed by atoms with E-state index in [1.165, 1.54) is 12.1 Å². The lowest BCUT2D eigenvalue weighted by Gasteiger charge is -2.02. The zero-order valence-electron chi connectivity index (χ0n) is 9.97. The first kappa shape index (κ1) is 10.9. The first-order valence-corrected chi connectivity index (χ1v) is 5.75. The molecule has 2 aromatic heterocycles. The summed E-state index contributed by atoms with van der Waals surface area (Å²) in [6, 6.07) is 10.4. The van der Waals surface area contributed by atoms with E-state index in [0.717, 1.165) is 22.6 Å². The van der Waals surface area contributed by atoms with Crippen molar-refractivity contribution in [3.63, 3.8) is 0 Å². The Kier molecular flexibility index (Phi) is 2.55. The number of hydrogen-bond acceptors (Lipinski definition) is 2. The number of pyridine rings is 1. The fourth-order valence-electron chi connectivity index (χ4n) is 2.06. The Morgan fingerprint density at radius 3 is 2.89 bits per heavy atom. The van der Waals surface area contributed by atoms with Crippen molar-refractivity contribution in [2.75, 3.05) is 0 Å². The second-order valence-electron chi connectivity index (χ2n) is 4.24. The van der Waals surface area contributed by atoms with Crippen LogP contribution in [0.25, 0.3) is 11.2 Å². The van der Waals surface area contributed by atoms with Crippen molar-refractivity contribution < 1.29 is 4.39 Å². The van der Waals surface area contributed by atoms with Gasteiger partial charge in [0.05, 0.1) is 0 Å². The van der Waals surface area contributed by atoms with Crippen LogP contribution < -0.4 is 0 Å². The highest BCUT2D eigenvalue weighted by atomic mass is 19.1. The molecule has 18 heavy (non-hydrogen) atoms. The van der Waals surface area contributed by atoms with Crippen molar-refractivity contribution in [1.82, 2.24) is 14.5 Å². The summed E-state index contributed by atoms with van der Waals surface area (Å²) in [5, 5.41) is 0. The summed E-state index contributed by atoms with van der Waals surface area (Å²) >= 11 is 0. The molecule has 0 amide bonds. The number of halogens is 1. The summed E-state index contributed by atoms with van der Waals surface area (Å²) < 4.78 is 15.1. The summed E-state index contributed by atoms with van der Waals surface area (Å²) in [7, 11) is 1.93. The fraction of sp³-hybridized carbons (Fsp3) is 0.143. The molecule has 0 aliphatic rings. The smallest absolute Gasteiger partial charge is 0.159 e. The molecular weight excluding hydrogens is 229 g/mol. The molecular formula is C14H12FN3. The van der Waals surface area contributed by atoms with Gasteiger partial charge in [-0.05, 0) is 29.8 Å². The Bertz CT molecular complexity index is 703. The lowest BCUT2D eigenvalue weighted by Crippen LogP contribution is -1.99. The van der Waals surface area contributed by atoms with E-state index in [4.69, 9.17) is 0 Å².